The summed E-state index contributed by atoms with van der Waals surface area (Å²) in [7, 11) is 1.76. The topological polar surface area (TPSA) is 35.2 Å². The molecule has 17 heavy (non-hydrogen) atoms. The van der Waals surface area contributed by atoms with Crippen molar-refractivity contribution >= 4 is 12.4 Å². The van der Waals surface area contributed by atoms with E-state index in [9.17, 15) is 0 Å². The molecule has 0 fully saturated rings. The molecule has 0 spiro atoms. The van der Waals surface area contributed by atoms with Gasteiger partial charge in [-0.2, -0.15) is 0 Å². The molecule has 3 heteroatoms. The third-order valence-corrected chi connectivity index (χ3v) is 3.58. The minimum atomic E-state index is 0. The van der Waals surface area contributed by atoms with Crippen molar-refractivity contribution in [1.29, 1.82) is 0 Å². The minimum absolute atomic E-state index is 0. The van der Waals surface area contributed by atoms with Crippen LogP contribution in [0.1, 0.15) is 30.4 Å². The van der Waals surface area contributed by atoms with Gasteiger partial charge in [-0.05, 0) is 61.8 Å². The summed E-state index contributed by atoms with van der Waals surface area (Å²) in [5.41, 5.74) is 8.48. The Morgan fingerprint density at radius 3 is 2.94 bits per heavy atom. The highest BCUT2D eigenvalue weighted by molar-refractivity contribution is 5.85. The zero-order valence-corrected chi connectivity index (χ0v) is 11.3. The highest BCUT2D eigenvalue weighted by atomic mass is 35.5. The van der Waals surface area contributed by atoms with Gasteiger partial charge >= 0.3 is 0 Å². The first-order chi connectivity index (χ1) is 7.85. The molecule has 1 aromatic carbocycles. The molecule has 2 rings (SSSR count). The van der Waals surface area contributed by atoms with Gasteiger partial charge in [0.1, 0.15) is 5.75 Å². The van der Waals surface area contributed by atoms with Crippen molar-refractivity contribution in [2.45, 2.75) is 32.1 Å². The van der Waals surface area contributed by atoms with E-state index in [2.05, 4.69) is 18.2 Å². The molecule has 0 amide bonds. The zero-order valence-electron chi connectivity index (χ0n) is 10.4. The van der Waals surface area contributed by atoms with Gasteiger partial charge in [0.25, 0.3) is 0 Å². The predicted octanol–water partition coefficient (Wildman–Crippen LogP) is 2.96. The summed E-state index contributed by atoms with van der Waals surface area (Å²) in [6.45, 7) is 0.815. The maximum absolute atomic E-state index is 5.57. The molecule has 2 N–H and O–H groups in total. The van der Waals surface area contributed by atoms with Gasteiger partial charge in [0, 0.05) is 0 Å². The lowest BCUT2D eigenvalue weighted by Crippen LogP contribution is -2.16. The number of fused-ring (bicyclic) bond motifs is 1. The van der Waals surface area contributed by atoms with E-state index in [-0.39, 0.29) is 12.4 Å². The molecule has 0 saturated heterocycles. The smallest absolute Gasteiger partial charge is 0.122 e. The fraction of sp³-hybridized carbons (Fsp3) is 0.571. The lowest BCUT2D eigenvalue weighted by atomic mass is 9.81. The number of halogens is 1. The third-order valence-electron chi connectivity index (χ3n) is 3.58. The van der Waals surface area contributed by atoms with Crippen LogP contribution in [-0.4, -0.2) is 13.7 Å². The van der Waals surface area contributed by atoms with Crippen LogP contribution < -0.4 is 10.5 Å². The second kappa shape index (κ2) is 6.87. The lowest BCUT2D eigenvalue weighted by molar-refractivity contribution is 0.379. The summed E-state index contributed by atoms with van der Waals surface area (Å²) < 4.78 is 5.44. The van der Waals surface area contributed by atoms with Gasteiger partial charge in [0.15, 0.2) is 0 Å². The van der Waals surface area contributed by atoms with Crippen molar-refractivity contribution in [3.8, 4) is 5.75 Å². The second-order valence-corrected chi connectivity index (χ2v) is 4.64. The number of hydrogen-bond acceptors (Lipinski definition) is 2. The molecule has 2 nitrogen and oxygen atoms in total. The van der Waals surface area contributed by atoms with Gasteiger partial charge in [0.05, 0.1) is 7.11 Å². The van der Waals surface area contributed by atoms with Gasteiger partial charge in [0.2, 0.25) is 0 Å². The van der Waals surface area contributed by atoms with Crippen LogP contribution in [0.4, 0.5) is 0 Å². The first kappa shape index (κ1) is 14.3. The van der Waals surface area contributed by atoms with E-state index < -0.39 is 0 Å². The van der Waals surface area contributed by atoms with E-state index in [0.29, 0.717) is 0 Å². The normalized spacial score (nSPS) is 18.1. The molecule has 1 aliphatic carbocycles. The lowest BCUT2D eigenvalue weighted by Gasteiger charge is -2.25. The van der Waals surface area contributed by atoms with E-state index in [1.807, 2.05) is 0 Å². The Hall–Kier alpha value is -0.730. The van der Waals surface area contributed by atoms with Crippen molar-refractivity contribution in [3.05, 3.63) is 29.3 Å². The molecule has 1 aliphatic rings. The minimum Gasteiger partial charge on any atom is -0.496 e. The summed E-state index contributed by atoms with van der Waals surface area (Å²) in [4.78, 5) is 0. The van der Waals surface area contributed by atoms with Gasteiger partial charge < -0.3 is 10.5 Å². The van der Waals surface area contributed by atoms with Crippen LogP contribution in [0.15, 0.2) is 18.2 Å². The fourth-order valence-electron chi connectivity index (χ4n) is 2.67. The molecule has 0 radical (unpaired) electrons. The monoisotopic (exact) mass is 255 g/mol. The number of rotatable bonds is 4. The average molecular weight is 256 g/mol. The highest BCUT2D eigenvalue weighted by Crippen LogP contribution is 2.33. The largest absolute Gasteiger partial charge is 0.496 e. The van der Waals surface area contributed by atoms with E-state index in [4.69, 9.17) is 10.5 Å². The Bertz CT molecular complexity index is 340. The average Bonchev–Trinajstić information content (AvgIpc) is 2.35. The molecule has 1 aromatic rings. The number of methoxy groups -OCH3 is 1. The van der Waals surface area contributed by atoms with Crippen LogP contribution in [0.5, 0.6) is 5.75 Å². The summed E-state index contributed by atoms with van der Waals surface area (Å²) in [5.74, 6) is 1.86. The maximum Gasteiger partial charge on any atom is 0.122 e. The van der Waals surface area contributed by atoms with E-state index in [1.165, 1.54) is 36.8 Å². The van der Waals surface area contributed by atoms with Crippen molar-refractivity contribution in [1.82, 2.24) is 0 Å². The summed E-state index contributed by atoms with van der Waals surface area (Å²) >= 11 is 0. The van der Waals surface area contributed by atoms with Gasteiger partial charge in [-0.15, -0.1) is 12.4 Å². The van der Waals surface area contributed by atoms with E-state index >= 15 is 0 Å². The first-order valence-corrected chi connectivity index (χ1v) is 6.20. The van der Waals surface area contributed by atoms with Crippen molar-refractivity contribution in [2.24, 2.45) is 11.7 Å². The SMILES string of the molecule is COc1cccc2c1CC(CCCN)CC2.Cl. The number of benzene rings is 1. The number of hydrogen-bond donors (Lipinski definition) is 1. The highest BCUT2D eigenvalue weighted by Gasteiger charge is 2.20. The Labute approximate surface area is 110 Å². The van der Waals surface area contributed by atoms with Crippen LogP contribution >= 0.6 is 12.4 Å². The first-order valence-electron chi connectivity index (χ1n) is 6.20. The Kier molecular flexibility index (Phi) is 5.79. The van der Waals surface area contributed by atoms with Crippen molar-refractivity contribution in [3.63, 3.8) is 0 Å². The molecule has 96 valence electrons. The summed E-state index contributed by atoms with van der Waals surface area (Å²) in [6.07, 6.45) is 6.07. The Morgan fingerprint density at radius 2 is 2.24 bits per heavy atom. The van der Waals surface area contributed by atoms with Crippen LogP contribution in [-0.2, 0) is 12.8 Å². The van der Waals surface area contributed by atoms with Gasteiger partial charge in [-0.1, -0.05) is 12.1 Å². The predicted molar refractivity (Wildman–Crippen MR) is 74.0 cm³/mol. The quantitative estimate of drug-likeness (QED) is 0.898. The summed E-state index contributed by atoms with van der Waals surface area (Å²) in [5, 5.41) is 0. The van der Waals surface area contributed by atoms with Crippen LogP contribution in [0.25, 0.3) is 0 Å². The van der Waals surface area contributed by atoms with Gasteiger partial charge in [-0.3, -0.25) is 0 Å². The third kappa shape index (κ3) is 3.36. The zero-order chi connectivity index (χ0) is 11.4. The van der Waals surface area contributed by atoms with Crippen molar-refractivity contribution < 1.29 is 4.74 Å². The number of aryl methyl sites for hydroxylation is 1. The van der Waals surface area contributed by atoms with Crippen molar-refractivity contribution in [2.75, 3.05) is 13.7 Å². The number of ether oxygens (including phenoxy) is 1. The number of nitrogens with two attached hydrogens (primary N) is 1. The van der Waals surface area contributed by atoms with Crippen LogP contribution in [0.2, 0.25) is 0 Å². The molecule has 0 aromatic heterocycles. The molecular weight excluding hydrogens is 234 g/mol. The maximum atomic E-state index is 5.57. The second-order valence-electron chi connectivity index (χ2n) is 4.64. The molecule has 0 bridgehead atoms. The molecule has 1 atom stereocenters. The van der Waals surface area contributed by atoms with E-state index in [1.54, 1.807) is 7.11 Å². The molecule has 0 heterocycles. The molecular formula is C14H22ClNO. The van der Waals surface area contributed by atoms with E-state index in [0.717, 1.165) is 24.6 Å². The molecule has 1 unspecified atom stereocenters. The molecule has 0 aliphatic heterocycles. The van der Waals surface area contributed by atoms with Crippen LogP contribution in [0, 0.1) is 5.92 Å². The Morgan fingerprint density at radius 1 is 1.41 bits per heavy atom. The molecule has 0 saturated carbocycles. The van der Waals surface area contributed by atoms with Gasteiger partial charge in [-0.25, -0.2) is 0 Å². The fourth-order valence-corrected chi connectivity index (χ4v) is 2.67. The summed E-state index contributed by atoms with van der Waals surface area (Å²) in [6, 6.07) is 6.40. The Balaban J connectivity index is 0.00000144. The van der Waals surface area contributed by atoms with Crippen LogP contribution in [0.3, 0.4) is 0 Å². The standard InChI is InChI=1S/C14H21NO.ClH/c1-16-14-6-2-5-12-8-7-11(4-3-9-15)10-13(12)14;/h2,5-6,11H,3-4,7-10,15H2,1H3;1H.